The van der Waals surface area contributed by atoms with Crippen molar-refractivity contribution < 1.29 is 0 Å². The highest BCUT2D eigenvalue weighted by Crippen LogP contribution is 2.26. The van der Waals surface area contributed by atoms with E-state index in [1.165, 1.54) is 6.42 Å². The average molecular weight is 400 g/mol. The first-order chi connectivity index (χ1) is 8.10. The van der Waals surface area contributed by atoms with E-state index in [0.29, 0.717) is 12.0 Å². The van der Waals surface area contributed by atoms with Crippen molar-refractivity contribution in [2.45, 2.75) is 25.9 Å². The van der Waals surface area contributed by atoms with Crippen molar-refractivity contribution in [1.29, 1.82) is 0 Å². The third-order valence-electron chi connectivity index (χ3n) is 3.36. The van der Waals surface area contributed by atoms with Gasteiger partial charge in [-0.15, -0.1) is 12.4 Å². The molecule has 0 radical (unpaired) electrons. The fourth-order valence-electron chi connectivity index (χ4n) is 2.36. The molecule has 2 rings (SSSR count). The molecule has 0 aromatic carbocycles. The Bertz CT molecular complexity index is 403. The van der Waals surface area contributed by atoms with Gasteiger partial charge in [-0.1, -0.05) is 0 Å². The van der Waals surface area contributed by atoms with Gasteiger partial charge in [-0.05, 0) is 63.7 Å². The van der Waals surface area contributed by atoms with Crippen molar-refractivity contribution in [1.82, 2.24) is 9.88 Å². The Balaban J connectivity index is 0.00000162. The summed E-state index contributed by atoms with van der Waals surface area (Å²) in [4.78, 5) is 6.92. The maximum absolute atomic E-state index is 5.74. The molecule has 0 saturated carbocycles. The average Bonchev–Trinajstić information content (AvgIpc) is 2.64. The molecule has 2 N–H and O–H groups in total. The van der Waals surface area contributed by atoms with Gasteiger partial charge in [-0.25, -0.2) is 0 Å². The van der Waals surface area contributed by atoms with E-state index in [-0.39, 0.29) is 12.4 Å². The maximum atomic E-state index is 5.74. The smallest absolute Gasteiger partial charge is 0.0686 e. The van der Waals surface area contributed by atoms with Crippen LogP contribution >= 0.6 is 44.3 Å². The quantitative estimate of drug-likeness (QED) is 0.849. The standard InChI is InChI=1S/C12H17Br2N3.ClH/c1-8-2-9(4-15)6-17(8)7-12-11(14)3-10(13)5-16-12;/h3,5,8-9H,2,4,6-7,15H2,1H3;1H. The molecule has 1 saturated heterocycles. The van der Waals surface area contributed by atoms with E-state index in [1.807, 2.05) is 12.3 Å². The van der Waals surface area contributed by atoms with Gasteiger partial charge in [0.15, 0.2) is 0 Å². The minimum absolute atomic E-state index is 0. The molecule has 1 aliphatic heterocycles. The Morgan fingerprint density at radius 3 is 2.78 bits per heavy atom. The second-order valence-corrected chi connectivity index (χ2v) is 6.47. The van der Waals surface area contributed by atoms with Gasteiger partial charge in [0.2, 0.25) is 0 Å². The first-order valence-corrected chi connectivity index (χ1v) is 7.42. The lowest BCUT2D eigenvalue weighted by Gasteiger charge is -2.21. The normalized spacial score (nSPS) is 24.0. The predicted molar refractivity (Wildman–Crippen MR) is 83.9 cm³/mol. The van der Waals surface area contributed by atoms with Gasteiger partial charge in [0.1, 0.15) is 0 Å². The summed E-state index contributed by atoms with van der Waals surface area (Å²) in [5.41, 5.74) is 6.84. The molecule has 1 aliphatic rings. The molecule has 6 heteroatoms. The van der Waals surface area contributed by atoms with Crippen LogP contribution in [0.15, 0.2) is 21.2 Å². The molecular weight excluding hydrogens is 381 g/mol. The van der Waals surface area contributed by atoms with Crippen LogP contribution in [0.2, 0.25) is 0 Å². The summed E-state index contributed by atoms with van der Waals surface area (Å²) in [7, 11) is 0. The second kappa shape index (κ2) is 7.20. The van der Waals surface area contributed by atoms with E-state index in [9.17, 15) is 0 Å². The Morgan fingerprint density at radius 1 is 1.50 bits per heavy atom. The predicted octanol–water partition coefficient (Wildman–Crippen LogP) is 3.20. The van der Waals surface area contributed by atoms with Crippen LogP contribution in [0.3, 0.4) is 0 Å². The van der Waals surface area contributed by atoms with Gasteiger partial charge in [0.05, 0.1) is 5.69 Å². The summed E-state index contributed by atoms with van der Waals surface area (Å²) in [6.07, 6.45) is 3.05. The number of pyridine rings is 1. The Kier molecular flexibility index (Phi) is 6.55. The number of nitrogens with two attached hydrogens (primary N) is 1. The molecule has 1 aromatic heterocycles. The lowest BCUT2D eigenvalue weighted by Crippen LogP contribution is -2.28. The molecule has 0 amide bonds. The highest BCUT2D eigenvalue weighted by molar-refractivity contribution is 9.11. The molecule has 1 aromatic rings. The van der Waals surface area contributed by atoms with Gasteiger partial charge >= 0.3 is 0 Å². The number of likely N-dealkylation sites (tertiary alicyclic amines) is 1. The van der Waals surface area contributed by atoms with Crippen LogP contribution in [-0.4, -0.2) is 29.0 Å². The number of hydrogen-bond acceptors (Lipinski definition) is 3. The van der Waals surface area contributed by atoms with E-state index in [1.54, 1.807) is 0 Å². The summed E-state index contributed by atoms with van der Waals surface area (Å²) in [6.45, 7) is 5.03. The Morgan fingerprint density at radius 2 is 2.22 bits per heavy atom. The fourth-order valence-corrected chi connectivity index (χ4v) is 3.47. The van der Waals surface area contributed by atoms with Crippen molar-refractivity contribution in [3.05, 3.63) is 26.9 Å². The molecular formula is C12H18Br2ClN3. The molecule has 0 aliphatic carbocycles. The summed E-state index contributed by atoms with van der Waals surface area (Å²) in [5, 5.41) is 0. The van der Waals surface area contributed by atoms with E-state index < -0.39 is 0 Å². The number of halogens is 3. The van der Waals surface area contributed by atoms with Crippen molar-refractivity contribution in [3.63, 3.8) is 0 Å². The number of nitrogens with zero attached hydrogens (tertiary/aromatic N) is 2. The molecule has 0 bridgehead atoms. The lowest BCUT2D eigenvalue weighted by atomic mass is 10.1. The molecule has 2 heterocycles. The topological polar surface area (TPSA) is 42.1 Å². The van der Waals surface area contributed by atoms with E-state index in [2.05, 4.69) is 48.7 Å². The largest absolute Gasteiger partial charge is 0.330 e. The van der Waals surface area contributed by atoms with Crippen LogP contribution in [0.4, 0.5) is 0 Å². The van der Waals surface area contributed by atoms with Gasteiger partial charge in [-0.2, -0.15) is 0 Å². The third-order valence-corrected chi connectivity index (χ3v) is 4.48. The van der Waals surface area contributed by atoms with E-state index in [4.69, 9.17) is 5.73 Å². The maximum Gasteiger partial charge on any atom is 0.0686 e. The highest BCUT2D eigenvalue weighted by atomic mass is 79.9. The molecule has 18 heavy (non-hydrogen) atoms. The molecule has 2 unspecified atom stereocenters. The number of aromatic nitrogens is 1. The van der Waals surface area contributed by atoms with Gasteiger partial charge < -0.3 is 5.73 Å². The molecule has 2 atom stereocenters. The minimum atomic E-state index is 0. The monoisotopic (exact) mass is 397 g/mol. The number of hydrogen-bond donors (Lipinski definition) is 1. The zero-order valence-electron chi connectivity index (χ0n) is 10.3. The van der Waals surface area contributed by atoms with Crippen LogP contribution in [0.5, 0.6) is 0 Å². The molecule has 0 spiro atoms. The van der Waals surface area contributed by atoms with Gasteiger partial charge in [0.25, 0.3) is 0 Å². The summed E-state index contributed by atoms with van der Waals surface area (Å²) < 4.78 is 2.07. The molecule has 3 nitrogen and oxygen atoms in total. The molecule has 102 valence electrons. The summed E-state index contributed by atoms with van der Waals surface area (Å²) in [6, 6.07) is 2.64. The van der Waals surface area contributed by atoms with Crippen molar-refractivity contribution in [3.8, 4) is 0 Å². The lowest BCUT2D eigenvalue weighted by molar-refractivity contribution is 0.252. The zero-order valence-corrected chi connectivity index (χ0v) is 14.3. The Labute approximate surface area is 131 Å². The van der Waals surface area contributed by atoms with Crippen molar-refractivity contribution in [2.24, 2.45) is 11.7 Å². The van der Waals surface area contributed by atoms with Crippen LogP contribution < -0.4 is 5.73 Å². The van der Waals surface area contributed by atoms with Crippen molar-refractivity contribution in [2.75, 3.05) is 13.1 Å². The van der Waals surface area contributed by atoms with Crippen LogP contribution in [0, 0.1) is 5.92 Å². The van der Waals surface area contributed by atoms with Gasteiger partial charge in [0, 0.05) is 34.3 Å². The van der Waals surface area contributed by atoms with Gasteiger partial charge in [-0.3, -0.25) is 9.88 Å². The van der Waals surface area contributed by atoms with Crippen LogP contribution in [0.25, 0.3) is 0 Å². The highest BCUT2D eigenvalue weighted by Gasteiger charge is 2.28. The SMILES string of the molecule is CC1CC(CN)CN1Cc1ncc(Br)cc1Br.Cl. The van der Waals surface area contributed by atoms with Crippen molar-refractivity contribution >= 4 is 44.3 Å². The number of rotatable bonds is 3. The summed E-state index contributed by atoms with van der Waals surface area (Å²) in [5.74, 6) is 0.638. The minimum Gasteiger partial charge on any atom is -0.330 e. The van der Waals surface area contributed by atoms with Crippen LogP contribution in [0.1, 0.15) is 19.0 Å². The third kappa shape index (κ3) is 3.90. The second-order valence-electron chi connectivity index (χ2n) is 4.70. The Hall–Kier alpha value is 0.320. The first-order valence-electron chi connectivity index (χ1n) is 5.84. The van der Waals surface area contributed by atoms with E-state index in [0.717, 1.165) is 34.3 Å². The first kappa shape index (κ1) is 16.4. The van der Waals surface area contributed by atoms with Crippen LogP contribution in [-0.2, 0) is 6.54 Å². The zero-order chi connectivity index (χ0) is 12.4. The summed E-state index contributed by atoms with van der Waals surface area (Å²) >= 11 is 6.98. The molecule has 1 fully saturated rings. The fraction of sp³-hybridized carbons (Fsp3) is 0.583. The van der Waals surface area contributed by atoms with E-state index >= 15 is 0 Å².